The molecule has 1 aromatic carbocycles. The number of piperidine rings is 1. The van der Waals surface area contributed by atoms with Crippen LogP contribution >= 0.6 is 11.6 Å². The van der Waals surface area contributed by atoms with Gasteiger partial charge in [-0.2, -0.15) is 0 Å². The molecule has 25 heavy (non-hydrogen) atoms. The summed E-state index contributed by atoms with van der Waals surface area (Å²) in [5, 5.41) is 0.490. The smallest absolute Gasteiger partial charge is 0.227 e. The summed E-state index contributed by atoms with van der Waals surface area (Å²) < 4.78 is 11.1. The van der Waals surface area contributed by atoms with Crippen molar-refractivity contribution in [3.8, 4) is 11.5 Å². The van der Waals surface area contributed by atoms with Crippen LogP contribution in [0, 0.1) is 0 Å². The second-order valence-corrected chi connectivity index (χ2v) is 6.46. The first-order valence-corrected chi connectivity index (χ1v) is 8.70. The number of pyridine rings is 1. The van der Waals surface area contributed by atoms with Gasteiger partial charge in [0.1, 0.15) is 22.6 Å². The molecule has 1 unspecified atom stereocenters. The summed E-state index contributed by atoms with van der Waals surface area (Å²) in [7, 11) is 1.63. The summed E-state index contributed by atoms with van der Waals surface area (Å²) in [5.74, 6) is 1.52. The molecule has 0 N–H and O–H groups in total. The number of carbonyl (C=O) groups excluding carboxylic acids is 1. The summed E-state index contributed by atoms with van der Waals surface area (Å²) >= 11 is 6.10. The molecule has 2 heterocycles. The molecule has 1 atom stereocenters. The number of benzene rings is 1. The van der Waals surface area contributed by atoms with E-state index in [1.54, 1.807) is 25.6 Å². The molecular formula is C19H21ClN2O3. The number of rotatable bonds is 5. The molecular weight excluding hydrogens is 340 g/mol. The molecule has 0 aliphatic carbocycles. The average molecular weight is 361 g/mol. The van der Waals surface area contributed by atoms with Crippen molar-refractivity contribution in [3.63, 3.8) is 0 Å². The fraction of sp³-hybridized carbons (Fsp3) is 0.368. The maximum Gasteiger partial charge on any atom is 0.227 e. The van der Waals surface area contributed by atoms with Gasteiger partial charge >= 0.3 is 0 Å². The molecule has 1 amide bonds. The Morgan fingerprint density at radius 1 is 1.32 bits per heavy atom. The fourth-order valence-electron chi connectivity index (χ4n) is 2.93. The molecule has 1 aliphatic heterocycles. The first-order chi connectivity index (χ1) is 12.2. The standard InChI is InChI=1S/C19H21ClN2O3/c1-24-15-6-4-14(5-7-15)11-19(23)22-10-2-3-16(13-22)25-18-8-9-21-12-17(18)20/h4-9,12,16H,2-3,10-11,13H2,1H3. The second-order valence-electron chi connectivity index (χ2n) is 6.05. The van der Waals surface area contributed by atoms with Crippen molar-refractivity contribution < 1.29 is 14.3 Å². The number of amides is 1. The highest BCUT2D eigenvalue weighted by atomic mass is 35.5. The van der Waals surface area contributed by atoms with E-state index >= 15 is 0 Å². The minimum atomic E-state index is -0.0477. The van der Waals surface area contributed by atoms with E-state index in [2.05, 4.69) is 4.98 Å². The lowest BCUT2D eigenvalue weighted by atomic mass is 10.1. The summed E-state index contributed by atoms with van der Waals surface area (Å²) in [5.41, 5.74) is 0.978. The Labute approximate surface area is 152 Å². The molecule has 0 saturated carbocycles. The highest BCUT2D eigenvalue weighted by molar-refractivity contribution is 6.31. The van der Waals surface area contributed by atoms with Crippen LogP contribution in [0.4, 0.5) is 0 Å². The maximum atomic E-state index is 12.6. The Balaban J connectivity index is 1.58. The number of nitrogens with zero attached hydrogens (tertiary/aromatic N) is 2. The normalized spacial score (nSPS) is 17.2. The molecule has 1 aromatic heterocycles. The van der Waals surface area contributed by atoms with Crippen molar-refractivity contribution in [3.05, 3.63) is 53.3 Å². The Morgan fingerprint density at radius 3 is 2.84 bits per heavy atom. The van der Waals surface area contributed by atoms with Gasteiger partial charge in [0.25, 0.3) is 0 Å². The van der Waals surface area contributed by atoms with E-state index in [-0.39, 0.29) is 12.0 Å². The minimum Gasteiger partial charge on any atom is -0.497 e. The van der Waals surface area contributed by atoms with Crippen LogP contribution in [0.25, 0.3) is 0 Å². The van der Waals surface area contributed by atoms with Crippen LogP contribution in [-0.2, 0) is 11.2 Å². The molecule has 132 valence electrons. The Bertz CT molecular complexity index is 721. The van der Waals surface area contributed by atoms with E-state index in [1.165, 1.54) is 0 Å². The number of likely N-dealkylation sites (tertiary alicyclic amines) is 1. The van der Waals surface area contributed by atoms with Crippen LogP contribution in [0.3, 0.4) is 0 Å². The number of hydrogen-bond donors (Lipinski definition) is 0. The van der Waals surface area contributed by atoms with Gasteiger partial charge in [-0.25, -0.2) is 0 Å². The van der Waals surface area contributed by atoms with Crippen LogP contribution in [-0.4, -0.2) is 42.1 Å². The average Bonchev–Trinajstić information content (AvgIpc) is 2.64. The van der Waals surface area contributed by atoms with Gasteiger partial charge in [-0.1, -0.05) is 23.7 Å². The maximum absolute atomic E-state index is 12.6. The van der Waals surface area contributed by atoms with Crippen LogP contribution in [0.15, 0.2) is 42.7 Å². The zero-order chi connectivity index (χ0) is 17.6. The van der Waals surface area contributed by atoms with Crippen molar-refractivity contribution >= 4 is 17.5 Å². The molecule has 0 bridgehead atoms. The van der Waals surface area contributed by atoms with Crippen LogP contribution in [0.1, 0.15) is 18.4 Å². The number of aromatic nitrogens is 1. The van der Waals surface area contributed by atoms with E-state index in [4.69, 9.17) is 21.1 Å². The fourth-order valence-corrected chi connectivity index (χ4v) is 3.09. The largest absolute Gasteiger partial charge is 0.497 e. The van der Waals surface area contributed by atoms with E-state index in [1.807, 2.05) is 29.2 Å². The summed E-state index contributed by atoms with van der Waals surface area (Å²) in [4.78, 5) is 18.4. The first kappa shape index (κ1) is 17.5. The number of ether oxygens (including phenoxy) is 2. The number of halogens is 1. The topological polar surface area (TPSA) is 51.7 Å². The Hall–Kier alpha value is -2.27. The van der Waals surface area contributed by atoms with Gasteiger partial charge in [0.05, 0.1) is 20.1 Å². The first-order valence-electron chi connectivity index (χ1n) is 8.32. The number of methoxy groups -OCH3 is 1. The Morgan fingerprint density at radius 2 is 2.12 bits per heavy atom. The van der Waals surface area contributed by atoms with Crippen molar-refractivity contribution in [2.24, 2.45) is 0 Å². The Kier molecular flexibility index (Phi) is 5.76. The van der Waals surface area contributed by atoms with Crippen LogP contribution in [0.5, 0.6) is 11.5 Å². The van der Waals surface area contributed by atoms with Crippen LogP contribution in [0.2, 0.25) is 5.02 Å². The highest BCUT2D eigenvalue weighted by Crippen LogP contribution is 2.25. The van der Waals surface area contributed by atoms with Gasteiger partial charge in [-0.3, -0.25) is 9.78 Å². The lowest BCUT2D eigenvalue weighted by molar-refractivity contribution is -0.133. The summed E-state index contributed by atoms with van der Waals surface area (Å²) in [6.45, 7) is 1.34. The molecule has 1 fully saturated rings. The van der Waals surface area contributed by atoms with Gasteiger partial charge in [-0.15, -0.1) is 0 Å². The monoisotopic (exact) mass is 360 g/mol. The third kappa shape index (κ3) is 4.63. The van der Waals surface area contributed by atoms with Crippen LogP contribution < -0.4 is 9.47 Å². The zero-order valence-electron chi connectivity index (χ0n) is 14.2. The SMILES string of the molecule is COc1ccc(CC(=O)N2CCCC(Oc3ccncc3Cl)C2)cc1. The quantitative estimate of drug-likeness (QED) is 0.820. The molecule has 0 spiro atoms. The van der Waals surface area contributed by atoms with Gasteiger partial charge in [-0.05, 0) is 30.5 Å². The summed E-state index contributed by atoms with van der Waals surface area (Å²) in [6, 6.07) is 9.34. The predicted octanol–water partition coefficient (Wildman–Crippen LogP) is 3.36. The second kappa shape index (κ2) is 8.21. The highest BCUT2D eigenvalue weighted by Gasteiger charge is 2.25. The van der Waals surface area contributed by atoms with Gasteiger partial charge in [0.2, 0.25) is 5.91 Å². The van der Waals surface area contributed by atoms with Crippen molar-refractivity contribution in [1.82, 2.24) is 9.88 Å². The van der Waals surface area contributed by atoms with Gasteiger partial charge in [0.15, 0.2) is 0 Å². The zero-order valence-corrected chi connectivity index (χ0v) is 14.9. The predicted molar refractivity (Wildman–Crippen MR) is 96.2 cm³/mol. The summed E-state index contributed by atoms with van der Waals surface area (Å²) in [6.07, 6.45) is 5.37. The van der Waals surface area contributed by atoms with Gasteiger partial charge in [0, 0.05) is 25.0 Å². The van der Waals surface area contributed by atoms with E-state index in [0.29, 0.717) is 23.7 Å². The van der Waals surface area contributed by atoms with Crippen molar-refractivity contribution in [2.75, 3.05) is 20.2 Å². The number of hydrogen-bond acceptors (Lipinski definition) is 4. The van der Waals surface area contributed by atoms with Crippen molar-refractivity contribution in [1.29, 1.82) is 0 Å². The molecule has 3 rings (SSSR count). The number of carbonyl (C=O) groups is 1. The molecule has 1 aliphatic rings. The molecule has 1 saturated heterocycles. The third-order valence-electron chi connectivity index (χ3n) is 4.27. The van der Waals surface area contributed by atoms with E-state index in [9.17, 15) is 4.79 Å². The molecule has 0 radical (unpaired) electrons. The molecule has 6 heteroatoms. The van der Waals surface area contributed by atoms with E-state index < -0.39 is 0 Å². The molecule has 5 nitrogen and oxygen atoms in total. The lowest BCUT2D eigenvalue weighted by Crippen LogP contribution is -2.45. The van der Waals surface area contributed by atoms with Gasteiger partial charge < -0.3 is 14.4 Å². The van der Waals surface area contributed by atoms with E-state index in [0.717, 1.165) is 30.7 Å². The third-order valence-corrected chi connectivity index (χ3v) is 4.56. The minimum absolute atomic E-state index is 0.0477. The molecule has 2 aromatic rings. The lowest BCUT2D eigenvalue weighted by Gasteiger charge is -2.33. The van der Waals surface area contributed by atoms with Crippen molar-refractivity contribution in [2.45, 2.75) is 25.4 Å².